The first-order chi connectivity index (χ1) is 9.38. The van der Waals surface area contributed by atoms with Crippen molar-refractivity contribution < 1.29 is 4.42 Å². The molecule has 1 N–H and O–H groups in total. The van der Waals surface area contributed by atoms with E-state index >= 15 is 0 Å². The van der Waals surface area contributed by atoms with Crippen LogP contribution in [-0.4, -0.2) is 6.04 Å². The molecule has 0 aliphatic rings. The van der Waals surface area contributed by atoms with Gasteiger partial charge in [0.15, 0.2) is 5.58 Å². The maximum Gasteiger partial charge on any atom is 0.153 e. The second-order valence-electron chi connectivity index (χ2n) is 5.90. The fourth-order valence-corrected chi connectivity index (χ4v) is 2.83. The van der Waals surface area contributed by atoms with E-state index in [0.29, 0.717) is 28.5 Å². The van der Waals surface area contributed by atoms with E-state index in [1.807, 2.05) is 6.07 Å². The van der Waals surface area contributed by atoms with E-state index in [2.05, 4.69) is 33.0 Å². The lowest BCUT2D eigenvalue weighted by molar-refractivity contribution is 0.478. The van der Waals surface area contributed by atoms with Crippen LogP contribution < -0.4 is 5.32 Å². The number of rotatable bonds is 5. The van der Waals surface area contributed by atoms with Crippen molar-refractivity contribution in [2.45, 2.75) is 46.7 Å². The summed E-state index contributed by atoms with van der Waals surface area (Å²) in [6.45, 7) is 9.35. The normalized spacial score (nSPS) is 12.0. The van der Waals surface area contributed by atoms with Crippen molar-refractivity contribution in [1.29, 1.82) is 0 Å². The number of hydrogen-bond acceptors (Lipinski definition) is 2. The van der Waals surface area contributed by atoms with E-state index in [9.17, 15) is 0 Å². The molecule has 20 heavy (non-hydrogen) atoms. The first kappa shape index (κ1) is 15.7. The van der Waals surface area contributed by atoms with Crippen molar-refractivity contribution in [3.8, 4) is 0 Å². The molecule has 2 rings (SSSR count). The molecule has 0 aliphatic carbocycles. The number of hydrogen-bond donors (Lipinski definition) is 1. The third kappa shape index (κ3) is 3.49. The summed E-state index contributed by atoms with van der Waals surface area (Å²) in [4.78, 5) is 0. The smallest absolute Gasteiger partial charge is 0.153 e. The maximum atomic E-state index is 6.25. The van der Waals surface area contributed by atoms with Crippen molar-refractivity contribution in [1.82, 2.24) is 5.32 Å². The van der Waals surface area contributed by atoms with Crippen LogP contribution in [0.15, 0.2) is 16.5 Å². The van der Waals surface area contributed by atoms with Gasteiger partial charge in [0, 0.05) is 22.0 Å². The predicted molar refractivity (Wildman–Crippen MR) is 86.8 cm³/mol. The molecule has 0 aliphatic heterocycles. The van der Waals surface area contributed by atoms with Gasteiger partial charge in [-0.2, -0.15) is 0 Å². The van der Waals surface area contributed by atoms with Crippen LogP contribution in [0.5, 0.6) is 0 Å². The van der Waals surface area contributed by atoms with Gasteiger partial charge in [0.05, 0.1) is 11.6 Å². The van der Waals surface area contributed by atoms with Crippen LogP contribution in [0.3, 0.4) is 0 Å². The van der Waals surface area contributed by atoms with Crippen molar-refractivity contribution in [2.24, 2.45) is 5.92 Å². The molecule has 0 saturated carbocycles. The summed E-state index contributed by atoms with van der Waals surface area (Å²) in [7, 11) is 0. The summed E-state index contributed by atoms with van der Waals surface area (Å²) in [6.07, 6.45) is 0.957. The van der Waals surface area contributed by atoms with E-state index in [1.165, 1.54) is 5.56 Å². The molecule has 0 spiro atoms. The van der Waals surface area contributed by atoms with E-state index < -0.39 is 0 Å². The minimum atomic E-state index is 0.411. The van der Waals surface area contributed by atoms with Gasteiger partial charge in [0.1, 0.15) is 5.76 Å². The molecule has 0 atom stereocenters. The summed E-state index contributed by atoms with van der Waals surface area (Å²) in [5.41, 5.74) is 1.96. The van der Waals surface area contributed by atoms with Crippen molar-refractivity contribution in [2.75, 3.05) is 0 Å². The van der Waals surface area contributed by atoms with Crippen LogP contribution in [0.25, 0.3) is 11.0 Å². The van der Waals surface area contributed by atoms with E-state index in [4.69, 9.17) is 27.6 Å². The zero-order valence-corrected chi connectivity index (χ0v) is 13.9. The molecule has 2 aromatic rings. The Hall–Kier alpha value is -0.700. The number of nitrogens with one attached hydrogen (secondary N) is 1. The Morgan fingerprint density at radius 3 is 2.45 bits per heavy atom. The van der Waals surface area contributed by atoms with Gasteiger partial charge in [0.2, 0.25) is 0 Å². The third-order valence-corrected chi connectivity index (χ3v) is 3.68. The maximum absolute atomic E-state index is 6.25. The minimum absolute atomic E-state index is 0.411. The van der Waals surface area contributed by atoms with E-state index in [1.54, 1.807) is 6.07 Å². The molecule has 0 bridgehead atoms. The van der Waals surface area contributed by atoms with Crippen LogP contribution in [0.4, 0.5) is 0 Å². The molecule has 0 radical (unpaired) electrons. The lowest BCUT2D eigenvalue weighted by Crippen LogP contribution is -2.22. The monoisotopic (exact) mass is 313 g/mol. The van der Waals surface area contributed by atoms with Crippen LogP contribution >= 0.6 is 23.2 Å². The van der Waals surface area contributed by atoms with Gasteiger partial charge in [-0.15, -0.1) is 0 Å². The third-order valence-electron chi connectivity index (χ3n) is 3.18. The Morgan fingerprint density at radius 2 is 1.85 bits per heavy atom. The van der Waals surface area contributed by atoms with Crippen LogP contribution in [0, 0.1) is 5.92 Å². The van der Waals surface area contributed by atoms with Crippen molar-refractivity contribution >= 4 is 34.2 Å². The largest absolute Gasteiger partial charge is 0.458 e. The zero-order chi connectivity index (χ0) is 14.9. The summed E-state index contributed by atoms with van der Waals surface area (Å²) in [6, 6.07) is 4.09. The lowest BCUT2D eigenvalue weighted by atomic mass is 9.99. The van der Waals surface area contributed by atoms with Gasteiger partial charge in [0.25, 0.3) is 0 Å². The van der Waals surface area contributed by atoms with Crippen LogP contribution in [-0.2, 0) is 13.0 Å². The summed E-state index contributed by atoms with van der Waals surface area (Å²) in [5, 5.41) is 5.67. The summed E-state index contributed by atoms with van der Waals surface area (Å²) in [5.74, 6) is 1.51. The van der Waals surface area contributed by atoms with Crippen molar-refractivity contribution in [3.05, 3.63) is 33.5 Å². The van der Waals surface area contributed by atoms with E-state index in [-0.39, 0.29) is 0 Å². The van der Waals surface area contributed by atoms with Gasteiger partial charge < -0.3 is 9.73 Å². The molecule has 0 fully saturated rings. The molecule has 1 heterocycles. The molecule has 4 heteroatoms. The molecular formula is C16H21Cl2NO. The Morgan fingerprint density at radius 1 is 1.15 bits per heavy atom. The molecule has 110 valence electrons. The predicted octanol–water partition coefficient (Wildman–Crippen LogP) is 5.44. The standard InChI is InChI=1S/C16H21Cl2NO/c1-9(2)5-12-13-6-11(17)7-14(18)16(13)20-15(12)8-19-10(3)4/h6-7,9-10,19H,5,8H2,1-4H3. The molecule has 0 saturated heterocycles. The number of furan rings is 1. The fourth-order valence-electron chi connectivity index (χ4n) is 2.29. The molecule has 0 unspecified atom stereocenters. The van der Waals surface area contributed by atoms with Gasteiger partial charge in [-0.3, -0.25) is 0 Å². The van der Waals surface area contributed by atoms with Gasteiger partial charge in [-0.1, -0.05) is 50.9 Å². The number of benzene rings is 1. The highest BCUT2D eigenvalue weighted by Crippen LogP contribution is 2.35. The Labute approximate surface area is 130 Å². The Kier molecular flexibility index (Phi) is 5.00. The topological polar surface area (TPSA) is 25.2 Å². The number of halogens is 2. The fraction of sp³-hybridized carbons (Fsp3) is 0.500. The Balaban J connectivity index is 2.51. The second-order valence-corrected chi connectivity index (χ2v) is 6.75. The van der Waals surface area contributed by atoms with Crippen LogP contribution in [0.2, 0.25) is 10.0 Å². The minimum Gasteiger partial charge on any atom is -0.458 e. The van der Waals surface area contributed by atoms with E-state index in [0.717, 1.165) is 23.2 Å². The summed E-state index contributed by atoms with van der Waals surface area (Å²) >= 11 is 12.4. The summed E-state index contributed by atoms with van der Waals surface area (Å²) < 4.78 is 5.98. The number of fused-ring (bicyclic) bond motifs is 1. The van der Waals surface area contributed by atoms with Gasteiger partial charge >= 0.3 is 0 Å². The quantitative estimate of drug-likeness (QED) is 0.795. The molecule has 1 aromatic carbocycles. The Bertz CT molecular complexity index is 602. The average Bonchev–Trinajstić information content (AvgIpc) is 2.65. The molecule has 1 aromatic heterocycles. The van der Waals surface area contributed by atoms with Gasteiger partial charge in [-0.05, 0) is 24.5 Å². The zero-order valence-electron chi connectivity index (χ0n) is 12.4. The van der Waals surface area contributed by atoms with Crippen LogP contribution in [0.1, 0.15) is 39.0 Å². The highest BCUT2D eigenvalue weighted by atomic mass is 35.5. The highest BCUT2D eigenvalue weighted by molar-refractivity contribution is 6.38. The molecular weight excluding hydrogens is 293 g/mol. The first-order valence-corrected chi connectivity index (χ1v) is 7.76. The van der Waals surface area contributed by atoms with Gasteiger partial charge in [-0.25, -0.2) is 0 Å². The first-order valence-electron chi connectivity index (χ1n) is 7.01. The highest BCUT2D eigenvalue weighted by Gasteiger charge is 2.18. The van der Waals surface area contributed by atoms with Crippen molar-refractivity contribution in [3.63, 3.8) is 0 Å². The SMILES string of the molecule is CC(C)Cc1c(CNC(C)C)oc2c(Cl)cc(Cl)cc12. The molecule has 2 nitrogen and oxygen atoms in total. The second kappa shape index (κ2) is 6.38. The lowest BCUT2D eigenvalue weighted by Gasteiger charge is -2.09. The molecule has 0 amide bonds. The average molecular weight is 314 g/mol.